The molecule has 2 aliphatic carbocycles. The van der Waals surface area contributed by atoms with Crippen LogP contribution < -0.4 is 0 Å². The molecule has 2 atom stereocenters. The second-order valence-electron chi connectivity index (χ2n) is 5.96. The van der Waals surface area contributed by atoms with E-state index in [0.29, 0.717) is 0 Å². The normalized spacial score (nSPS) is 27.5. The van der Waals surface area contributed by atoms with Crippen molar-refractivity contribution in [2.45, 2.75) is 36.2 Å². The van der Waals surface area contributed by atoms with Crippen molar-refractivity contribution < 1.29 is 37.7 Å². The lowest BCUT2D eigenvalue weighted by molar-refractivity contribution is -0.140. The minimum atomic E-state index is -4.94. The topological polar surface area (TPSA) is 127 Å². The smallest absolute Gasteiger partial charge is 0.333 e. The second kappa shape index (κ2) is 7.59. The summed E-state index contributed by atoms with van der Waals surface area (Å²) in [5, 5.41) is 19.9. The summed E-state index contributed by atoms with van der Waals surface area (Å²) in [5.74, 6) is -4.02. The third-order valence-corrected chi connectivity index (χ3v) is 7.50. The fourth-order valence-electron chi connectivity index (χ4n) is 3.29. The molecule has 0 unspecified atom stereocenters. The monoisotopic (exact) mass is 398 g/mol. The van der Waals surface area contributed by atoms with E-state index in [-0.39, 0.29) is 24.7 Å². The molecule has 0 amide bonds. The average Bonchev–Trinajstić information content (AvgIpc) is 2.62. The molecule has 0 heterocycles. The third kappa shape index (κ3) is 2.86. The third-order valence-electron chi connectivity index (χ3n) is 4.58. The van der Waals surface area contributed by atoms with E-state index in [1.54, 1.807) is 13.8 Å². The Hall–Kier alpha value is -2.55. The number of sulfone groups is 1. The summed E-state index contributed by atoms with van der Waals surface area (Å²) in [7, 11) is -4.94. The van der Waals surface area contributed by atoms with Gasteiger partial charge in [0.15, 0.2) is 9.84 Å². The van der Waals surface area contributed by atoms with Crippen molar-refractivity contribution in [3.63, 3.8) is 0 Å². The van der Waals surface area contributed by atoms with E-state index in [1.807, 2.05) is 0 Å². The van der Waals surface area contributed by atoms with Crippen LogP contribution in [0.5, 0.6) is 0 Å². The number of allylic oxidation sites excluding steroid dienone is 6. The fraction of sp³-hybridized carbons (Fsp3) is 0.444. The van der Waals surface area contributed by atoms with Gasteiger partial charge in [-0.15, -0.1) is 0 Å². The van der Waals surface area contributed by atoms with Gasteiger partial charge in [-0.05, 0) is 26.0 Å². The van der Waals surface area contributed by atoms with Crippen molar-refractivity contribution in [3.05, 3.63) is 48.0 Å². The molecule has 0 aromatic heterocycles. The van der Waals surface area contributed by atoms with Crippen LogP contribution in [-0.2, 0) is 28.9 Å². The minimum Gasteiger partial charge on any atom is -0.496 e. The van der Waals surface area contributed by atoms with Crippen molar-refractivity contribution >= 4 is 21.8 Å². The van der Waals surface area contributed by atoms with E-state index in [2.05, 4.69) is 0 Å². The fourth-order valence-corrected chi connectivity index (χ4v) is 5.76. The number of ether oxygens (including phenoxy) is 2. The molecule has 2 rings (SSSR count). The van der Waals surface area contributed by atoms with Gasteiger partial charge >= 0.3 is 11.9 Å². The average molecular weight is 398 g/mol. The largest absolute Gasteiger partial charge is 0.496 e. The van der Waals surface area contributed by atoms with Gasteiger partial charge in [0.05, 0.1) is 13.2 Å². The Morgan fingerprint density at radius 3 is 1.59 bits per heavy atom. The molecule has 0 aliphatic heterocycles. The van der Waals surface area contributed by atoms with Crippen LogP contribution in [-0.4, -0.2) is 53.3 Å². The van der Waals surface area contributed by atoms with Gasteiger partial charge in [-0.25, -0.2) is 8.42 Å². The molecule has 2 N–H and O–H groups in total. The van der Waals surface area contributed by atoms with Gasteiger partial charge in [0.1, 0.15) is 11.5 Å². The van der Waals surface area contributed by atoms with Crippen molar-refractivity contribution in [2.24, 2.45) is 0 Å². The minimum absolute atomic E-state index is 0.0261. The number of hydrogen-bond donors (Lipinski definition) is 2. The first-order valence-corrected chi connectivity index (χ1v) is 9.91. The first-order valence-electron chi connectivity index (χ1n) is 8.43. The summed E-state index contributed by atoms with van der Waals surface area (Å²) in [5.41, 5.74) is 0. The van der Waals surface area contributed by atoms with E-state index in [9.17, 15) is 28.2 Å². The van der Waals surface area contributed by atoms with Crippen molar-refractivity contribution in [1.29, 1.82) is 0 Å². The molecule has 0 aromatic rings. The van der Waals surface area contributed by atoms with Crippen LogP contribution in [0.15, 0.2) is 48.0 Å². The molecular formula is C18H22O8S. The molecule has 0 spiro atoms. The lowest BCUT2D eigenvalue weighted by Gasteiger charge is -2.40. The van der Waals surface area contributed by atoms with E-state index in [1.165, 1.54) is 36.5 Å². The maximum absolute atomic E-state index is 13.8. The molecule has 8 nitrogen and oxygen atoms in total. The number of carboxylic acid groups (broad SMARTS) is 2. The molecule has 0 saturated carbocycles. The zero-order chi connectivity index (χ0) is 20.3. The van der Waals surface area contributed by atoms with Crippen LogP contribution in [0.4, 0.5) is 0 Å². The Morgan fingerprint density at radius 2 is 1.30 bits per heavy atom. The Labute approximate surface area is 157 Å². The summed E-state index contributed by atoms with van der Waals surface area (Å²) in [6.45, 7) is 3.22. The maximum Gasteiger partial charge on any atom is 0.333 e. The molecule has 2 aliphatic rings. The van der Waals surface area contributed by atoms with E-state index in [0.717, 1.165) is 0 Å². The van der Waals surface area contributed by atoms with E-state index < -0.39 is 44.1 Å². The van der Waals surface area contributed by atoms with Crippen LogP contribution in [0.1, 0.15) is 26.7 Å². The first-order chi connectivity index (χ1) is 12.7. The molecular weight excluding hydrogens is 376 g/mol. The maximum atomic E-state index is 13.8. The summed E-state index contributed by atoms with van der Waals surface area (Å²) < 4.78 is 33.1. The molecule has 0 saturated heterocycles. The predicted octanol–water partition coefficient (Wildman–Crippen LogP) is 1.81. The Balaban J connectivity index is 2.82. The highest BCUT2D eigenvalue weighted by Crippen LogP contribution is 2.47. The number of carbonyl (C=O) groups is 2. The van der Waals surface area contributed by atoms with Crippen molar-refractivity contribution in [2.75, 3.05) is 13.2 Å². The zero-order valence-electron chi connectivity index (χ0n) is 15.0. The lowest BCUT2D eigenvalue weighted by Crippen LogP contribution is -2.62. The molecule has 9 heteroatoms. The van der Waals surface area contributed by atoms with Gasteiger partial charge < -0.3 is 19.7 Å². The van der Waals surface area contributed by atoms with Crippen LogP contribution in [0.2, 0.25) is 0 Å². The van der Waals surface area contributed by atoms with E-state index >= 15 is 0 Å². The van der Waals surface area contributed by atoms with Crippen LogP contribution in [0, 0.1) is 0 Å². The van der Waals surface area contributed by atoms with Gasteiger partial charge in [-0.1, -0.05) is 24.3 Å². The molecule has 0 bridgehead atoms. The van der Waals surface area contributed by atoms with Gasteiger partial charge in [0.2, 0.25) is 9.49 Å². The number of rotatable bonds is 8. The SMILES string of the molecule is CCOC1=CC=CC[C@@]1(C(=O)O)S(=O)(=O)[C@]1(C(=O)O)CC=CC=C1OCC. The summed E-state index contributed by atoms with van der Waals surface area (Å²) in [6.07, 6.45) is 7.29. The number of aliphatic carboxylic acids is 2. The summed E-state index contributed by atoms with van der Waals surface area (Å²) in [4.78, 5) is 24.6. The molecule has 0 aromatic carbocycles. The van der Waals surface area contributed by atoms with Crippen molar-refractivity contribution in [3.8, 4) is 0 Å². The number of carboxylic acids is 2. The Bertz CT molecular complexity index is 785. The predicted molar refractivity (Wildman–Crippen MR) is 96.6 cm³/mol. The standard InChI is InChI=1S/C18H22O8S/c1-3-25-13-9-5-7-11-17(13,15(19)20)27(23,24)18(16(21)22)12-8-6-10-14(18)26-4-2/h5-10H,3-4,11-12H2,1-2H3,(H,19,20)(H,21,22)/t17-,18-/m1/s1. The van der Waals surface area contributed by atoms with Crippen molar-refractivity contribution in [1.82, 2.24) is 0 Å². The first kappa shape index (κ1) is 20.8. The lowest BCUT2D eigenvalue weighted by atomic mass is 9.96. The van der Waals surface area contributed by atoms with Gasteiger partial charge in [-0.3, -0.25) is 9.59 Å². The van der Waals surface area contributed by atoms with Gasteiger partial charge in [0, 0.05) is 12.8 Å². The molecule has 148 valence electrons. The number of hydrogen-bond acceptors (Lipinski definition) is 6. The van der Waals surface area contributed by atoms with Crippen LogP contribution in [0.3, 0.4) is 0 Å². The zero-order valence-corrected chi connectivity index (χ0v) is 15.9. The Morgan fingerprint density at radius 1 is 0.926 bits per heavy atom. The highest BCUT2D eigenvalue weighted by atomic mass is 32.2. The summed E-state index contributed by atoms with van der Waals surface area (Å²) in [6, 6.07) is 0. The molecule has 0 fully saturated rings. The highest BCUT2D eigenvalue weighted by Gasteiger charge is 2.68. The van der Waals surface area contributed by atoms with Crippen LogP contribution >= 0.6 is 0 Å². The summed E-state index contributed by atoms with van der Waals surface area (Å²) >= 11 is 0. The van der Waals surface area contributed by atoms with Gasteiger partial charge in [0.25, 0.3) is 0 Å². The second-order valence-corrected chi connectivity index (χ2v) is 8.36. The van der Waals surface area contributed by atoms with Gasteiger partial charge in [-0.2, -0.15) is 0 Å². The Kier molecular flexibility index (Phi) is 5.84. The molecule has 27 heavy (non-hydrogen) atoms. The van der Waals surface area contributed by atoms with E-state index in [4.69, 9.17) is 9.47 Å². The quantitative estimate of drug-likeness (QED) is 0.634. The van der Waals surface area contributed by atoms with Crippen LogP contribution in [0.25, 0.3) is 0 Å². The molecule has 0 radical (unpaired) electrons. The highest BCUT2D eigenvalue weighted by molar-refractivity contribution is 7.96.